The van der Waals surface area contributed by atoms with Gasteiger partial charge in [-0.3, -0.25) is 4.79 Å². The number of nitrogens with one attached hydrogen (secondary N) is 1. The molecule has 0 unspecified atom stereocenters. The van der Waals surface area contributed by atoms with Crippen LogP contribution < -0.4 is 19.9 Å². The van der Waals surface area contributed by atoms with Gasteiger partial charge in [0.05, 0.1) is 18.4 Å². The molecule has 1 amide bonds. The molecule has 1 heterocycles. The molecule has 4 rings (SSSR count). The SMILES string of the molecule is COc1ccc(N2CCN(c3ccc(NC(=O)c4ccc(Cl)cc4)c(C(=O)O)c3)CC2)cc1. The van der Waals surface area contributed by atoms with E-state index in [0.29, 0.717) is 10.6 Å². The second-order valence-electron chi connectivity index (χ2n) is 7.67. The lowest BCUT2D eigenvalue weighted by Gasteiger charge is -2.37. The number of hydrogen-bond acceptors (Lipinski definition) is 5. The van der Waals surface area contributed by atoms with Crippen LogP contribution in [0.4, 0.5) is 17.1 Å². The molecule has 170 valence electrons. The predicted octanol–water partition coefficient (Wildman–Crippen LogP) is 4.63. The Kier molecular flexibility index (Phi) is 6.70. The van der Waals surface area contributed by atoms with E-state index in [1.165, 1.54) is 0 Å². The van der Waals surface area contributed by atoms with Gasteiger partial charge in [-0.15, -0.1) is 0 Å². The highest BCUT2D eigenvalue weighted by molar-refractivity contribution is 6.30. The second-order valence-corrected chi connectivity index (χ2v) is 8.10. The lowest BCUT2D eigenvalue weighted by Crippen LogP contribution is -2.46. The second kappa shape index (κ2) is 9.83. The standard InChI is InChI=1S/C25H24ClN3O4/c1-33-21-9-6-19(7-10-21)28-12-14-29(15-13-28)20-8-11-23(22(16-20)25(31)32)27-24(30)17-2-4-18(26)5-3-17/h2-11,16H,12-15H2,1H3,(H,27,30)(H,31,32). The first-order valence-corrected chi connectivity index (χ1v) is 10.9. The number of aromatic carboxylic acids is 1. The third-order valence-electron chi connectivity index (χ3n) is 5.67. The minimum atomic E-state index is -1.10. The van der Waals surface area contributed by atoms with Crippen molar-refractivity contribution in [3.63, 3.8) is 0 Å². The van der Waals surface area contributed by atoms with Crippen LogP contribution in [0.2, 0.25) is 5.02 Å². The summed E-state index contributed by atoms with van der Waals surface area (Å²) in [6, 6.07) is 19.5. The van der Waals surface area contributed by atoms with Gasteiger partial charge in [-0.2, -0.15) is 0 Å². The molecule has 7 nitrogen and oxygen atoms in total. The number of ether oxygens (including phenoxy) is 1. The van der Waals surface area contributed by atoms with Crippen molar-refractivity contribution in [2.75, 3.05) is 48.4 Å². The third-order valence-corrected chi connectivity index (χ3v) is 5.92. The summed E-state index contributed by atoms with van der Waals surface area (Å²) in [4.78, 5) is 28.9. The molecule has 3 aromatic carbocycles. The van der Waals surface area contributed by atoms with Crippen LogP contribution in [0.3, 0.4) is 0 Å². The third kappa shape index (κ3) is 5.21. The summed E-state index contributed by atoms with van der Waals surface area (Å²) in [6.07, 6.45) is 0. The lowest BCUT2D eigenvalue weighted by molar-refractivity contribution is 0.0698. The quantitative estimate of drug-likeness (QED) is 0.552. The molecule has 2 N–H and O–H groups in total. The Morgan fingerprint density at radius 3 is 2.03 bits per heavy atom. The first-order chi connectivity index (χ1) is 15.9. The van der Waals surface area contributed by atoms with Crippen LogP contribution in [0.25, 0.3) is 0 Å². The van der Waals surface area contributed by atoms with E-state index in [0.717, 1.165) is 43.3 Å². The Morgan fingerprint density at radius 2 is 1.45 bits per heavy atom. The number of carboxylic acids is 1. The van der Waals surface area contributed by atoms with Crippen LogP contribution in [0, 0.1) is 0 Å². The summed E-state index contributed by atoms with van der Waals surface area (Å²) in [5.74, 6) is -0.669. The Bertz CT molecular complexity index is 1140. The van der Waals surface area contributed by atoms with Gasteiger partial charge in [0.15, 0.2) is 0 Å². The molecule has 0 bridgehead atoms. The number of halogens is 1. The zero-order valence-electron chi connectivity index (χ0n) is 18.1. The smallest absolute Gasteiger partial charge is 0.337 e. The average molecular weight is 466 g/mol. The number of carbonyl (C=O) groups excluding carboxylic acids is 1. The molecular weight excluding hydrogens is 442 g/mol. The monoisotopic (exact) mass is 465 g/mol. The first-order valence-electron chi connectivity index (χ1n) is 10.5. The minimum Gasteiger partial charge on any atom is -0.497 e. The number of rotatable bonds is 6. The number of amides is 1. The molecule has 0 radical (unpaired) electrons. The maximum Gasteiger partial charge on any atom is 0.337 e. The number of carboxylic acid groups (broad SMARTS) is 1. The number of benzene rings is 3. The van der Waals surface area contributed by atoms with E-state index >= 15 is 0 Å². The molecular formula is C25H24ClN3O4. The van der Waals surface area contributed by atoms with Gasteiger partial charge in [-0.25, -0.2) is 4.79 Å². The van der Waals surface area contributed by atoms with Crippen LogP contribution in [0.1, 0.15) is 20.7 Å². The number of methoxy groups -OCH3 is 1. The number of nitrogens with zero attached hydrogens (tertiary/aromatic N) is 2. The summed E-state index contributed by atoms with van der Waals surface area (Å²) in [5, 5.41) is 13.0. The highest BCUT2D eigenvalue weighted by Gasteiger charge is 2.21. The molecule has 0 aliphatic carbocycles. The molecule has 1 aliphatic heterocycles. The van der Waals surface area contributed by atoms with Crippen molar-refractivity contribution in [1.82, 2.24) is 0 Å². The largest absolute Gasteiger partial charge is 0.497 e. The maximum absolute atomic E-state index is 12.5. The molecule has 3 aromatic rings. The first kappa shape index (κ1) is 22.5. The van der Waals surface area contributed by atoms with Crippen molar-refractivity contribution >= 4 is 40.5 Å². The van der Waals surface area contributed by atoms with Crippen LogP contribution in [0.5, 0.6) is 5.75 Å². The summed E-state index contributed by atoms with van der Waals surface area (Å²) >= 11 is 5.87. The Hall–Kier alpha value is -3.71. The molecule has 1 fully saturated rings. The van der Waals surface area contributed by atoms with E-state index in [1.807, 2.05) is 30.3 Å². The van der Waals surface area contributed by atoms with Gasteiger partial charge in [0.2, 0.25) is 0 Å². The van der Waals surface area contributed by atoms with Crippen molar-refractivity contribution in [1.29, 1.82) is 0 Å². The molecule has 0 aromatic heterocycles. The highest BCUT2D eigenvalue weighted by atomic mass is 35.5. The Balaban J connectivity index is 1.45. The van der Waals surface area contributed by atoms with Gasteiger partial charge in [0.25, 0.3) is 5.91 Å². The fraction of sp³-hybridized carbons (Fsp3) is 0.200. The summed E-state index contributed by atoms with van der Waals surface area (Å²) in [7, 11) is 1.65. The van der Waals surface area contributed by atoms with Gasteiger partial charge in [-0.05, 0) is 66.7 Å². The molecule has 33 heavy (non-hydrogen) atoms. The van der Waals surface area contributed by atoms with E-state index in [-0.39, 0.29) is 11.3 Å². The van der Waals surface area contributed by atoms with E-state index in [4.69, 9.17) is 16.3 Å². The van der Waals surface area contributed by atoms with Crippen molar-refractivity contribution in [3.8, 4) is 5.75 Å². The minimum absolute atomic E-state index is 0.0485. The van der Waals surface area contributed by atoms with Gasteiger partial charge < -0.3 is 25.0 Å². The van der Waals surface area contributed by atoms with E-state index < -0.39 is 11.9 Å². The fourth-order valence-corrected chi connectivity index (χ4v) is 3.95. The number of piperazine rings is 1. The number of anilines is 3. The fourth-order valence-electron chi connectivity index (χ4n) is 3.83. The van der Waals surface area contributed by atoms with Gasteiger partial charge >= 0.3 is 5.97 Å². The van der Waals surface area contributed by atoms with E-state index in [2.05, 4.69) is 15.1 Å². The molecule has 0 saturated carbocycles. The summed E-state index contributed by atoms with van der Waals surface area (Å²) in [5.41, 5.74) is 2.64. The maximum atomic E-state index is 12.5. The number of carbonyl (C=O) groups is 2. The summed E-state index contributed by atoms with van der Waals surface area (Å²) < 4.78 is 5.22. The van der Waals surface area contributed by atoms with E-state index in [9.17, 15) is 14.7 Å². The Labute approximate surface area is 197 Å². The van der Waals surface area contributed by atoms with Crippen molar-refractivity contribution < 1.29 is 19.4 Å². The lowest BCUT2D eigenvalue weighted by atomic mass is 10.1. The topological polar surface area (TPSA) is 82.1 Å². The number of hydrogen-bond donors (Lipinski definition) is 2. The molecule has 0 atom stereocenters. The van der Waals surface area contributed by atoms with Crippen LogP contribution in [-0.4, -0.2) is 50.3 Å². The molecule has 0 spiro atoms. The zero-order valence-corrected chi connectivity index (χ0v) is 18.9. The average Bonchev–Trinajstić information content (AvgIpc) is 2.84. The zero-order chi connectivity index (χ0) is 23.4. The van der Waals surface area contributed by atoms with Gasteiger partial charge in [0.1, 0.15) is 5.75 Å². The Morgan fingerprint density at radius 1 is 0.879 bits per heavy atom. The highest BCUT2D eigenvalue weighted by Crippen LogP contribution is 2.27. The molecule has 1 saturated heterocycles. The summed E-state index contributed by atoms with van der Waals surface area (Å²) in [6.45, 7) is 3.12. The van der Waals surface area contributed by atoms with Crippen molar-refractivity contribution in [2.24, 2.45) is 0 Å². The predicted molar refractivity (Wildman–Crippen MR) is 130 cm³/mol. The molecule has 8 heteroatoms. The molecule has 1 aliphatic rings. The van der Waals surface area contributed by atoms with Crippen molar-refractivity contribution in [2.45, 2.75) is 0 Å². The van der Waals surface area contributed by atoms with Crippen LogP contribution >= 0.6 is 11.6 Å². The van der Waals surface area contributed by atoms with Gasteiger partial charge in [0, 0.05) is 48.1 Å². The normalized spacial score (nSPS) is 13.5. The van der Waals surface area contributed by atoms with Gasteiger partial charge in [-0.1, -0.05) is 11.6 Å². The van der Waals surface area contributed by atoms with Crippen molar-refractivity contribution in [3.05, 3.63) is 82.9 Å². The van der Waals surface area contributed by atoms with E-state index in [1.54, 1.807) is 43.5 Å². The van der Waals surface area contributed by atoms with Crippen LogP contribution in [-0.2, 0) is 0 Å². The van der Waals surface area contributed by atoms with Crippen LogP contribution in [0.15, 0.2) is 66.7 Å².